The standard InChI is InChI=1S/C20H20N2O.ClH/c1-13-6-11-19-17(12-13)20(16-4-3-5-18(16)22-19)21-14-7-9-15(23-2)10-8-14;/h6-12H,3-5H2,1-2H3,(H,21,22);1H/p-1. The summed E-state index contributed by atoms with van der Waals surface area (Å²) >= 11 is 0. The first kappa shape index (κ1) is 16.6. The molecule has 3 nitrogen and oxygen atoms in total. The molecule has 24 heavy (non-hydrogen) atoms. The molecular formula is C20H20ClN2O-. The molecule has 1 aliphatic carbocycles. The topological polar surface area (TPSA) is 34.1 Å². The van der Waals surface area contributed by atoms with Crippen molar-refractivity contribution in [2.45, 2.75) is 26.2 Å². The fourth-order valence-corrected chi connectivity index (χ4v) is 3.34. The van der Waals surface area contributed by atoms with E-state index in [0.717, 1.165) is 29.8 Å². The van der Waals surface area contributed by atoms with Crippen LogP contribution >= 0.6 is 0 Å². The molecule has 0 saturated heterocycles. The minimum absolute atomic E-state index is 0. The Kier molecular flexibility index (Phi) is 4.63. The van der Waals surface area contributed by atoms with Crippen molar-refractivity contribution in [3.63, 3.8) is 0 Å². The normalized spacial score (nSPS) is 12.6. The molecule has 0 spiro atoms. The number of anilines is 2. The van der Waals surface area contributed by atoms with Crippen molar-refractivity contribution in [3.8, 4) is 5.75 Å². The first-order valence-corrected chi connectivity index (χ1v) is 8.08. The molecule has 0 saturated carbocycles. The number of fused-ring (bicyclic) bond motifs is 2. The number of rotatable bonds is 3. The predicted molar refractivity (Wildman–Crippen MR) is 94.8 cm³/mol. The lowest BCUT2D eigenvalue weighted by atomic mass is 10.0. The number of ether oxygens (including phenoxy) is 1. The molecule has 124 valence electrons. The first-order valence-electron chi connectivity index (χ1n) is 8.08. The zero-order valence-corrected chi connectivity index (χ0v) is 14.7. The zero-order chi connectivity index (χ0) is 15.8. The molecule has 2 aromatic carbocycles. The lowest BCUT2D eigenvalue weighted by Gasteiger charge is -2.15. The van der Waals surface area contributed by atoms with E-state index in [0.29, 0.717) is 0 Å². The molecule has 1 N–H and O–H groups in total. The van der Waals surface area contributed by atoms with E-state index in [2.05, 4.69) is 42.6 Å². The summed E-state index contributed by atoms with van der Waals surface area (Å²) in [7, 11) is 1.69. The molecule has 0 aliphatic heterocycles. The van der Waals surface area contributed by atoms with Gasteiger partial charge in [0.25, 0.3) is 0 Å². The van der Waals surface area contributed by atoms with E-state index in [1.165, 1.54) is 34.3 Å². The predicted octanol–water partition coefficient (Wildman–Crippen LogP) is 1.79. The van der Waals surface area contributed by atoms with Crippen LogP contribution in [0.5, 0.6) is 5.75 Å². The summed E-state index contributed by atoms with van der Waals surface area (Å²) in [5, 5.41) is 4.84. The maximum Gasteiger partial charge on any atom is 0.119 e. The number of hydrogen-bond acceptors (Lipinski definition) is 3. The van der Waals surface area contributed by atoms with E-state index in [9.17, 15) is 0 Å². The number of aryl methyl sites for hydroxylation is 2. The Hall–Kier alpha value is -2.26. The van der Waals surface area contributed by atoms with Gasteiger partial charge in [-0.3, -0.25) is 4.98 Å². The van der Waals surface area contributed by atoms with Crippen LogP contribution < -0.4 is 22.5 Å². The molecule has 3 aromatic rings. The van der Waals surface area contributed by atoms with Crippen LogP contribution in [0.15, 0.2) is 42.5 Å². The maximum absolute atomic E-state index is 5.24. The third kappa shape index (κ3) is 2.92. The van der Waals surface area contributed by atoms with Crippen LogP contribution in [0, 0.1) is 6.92 Å². The Bertz CT molecular complexity index is 875. The molecule has 4 heteroatoms. The summed E-state index contributed by atoms with van der Waals surface area (Å²) in [5.74, 6) is 0.871. The van der Waals surface area contributed by atoms with Crippen molar-refractivity contribution in [2.75, 3.05) is 12.4 Å². The maximum atomic E-state index is 5.24. The smallest absolute Gasteiger partial charge is 0.119 e. The van der Waals surface area contributed by atoms with Crippen molar-refractivity contribution >= 4 is 22.3 Å². The van der Waals surface area contributed by atoms with Crippen molar-refractivity contribution in [1.29, 1.82) is 0 Å². The number of halogens is 1. The highest BCUT2D eigenvalue weighted by atomic mass is 35.5. The third-order valence-electron chi connectivity index (χ3n) is 4.53. The second-order valence-corrected chi connectivity index (χ2v) is 6.14. The quantitative estimate of drug-likeness (QED) is 0.790. The van der Waals surface area contributed by atoms with E-state index in [-0.39, 0.29) is 12.4 Å². The lowest BCUT2D eigenvalue weighted by molar-refractivity contribution is -0.00000500. The molecule has 0 atom stereocenters. The Morgan fingerprint density at radius 1 is 1.04 bits per heavy atom. The summed E-state index contributed by atoms with van der Waals surface area (Å²) in [4.78, 5) is 4.87. The van der Waals surface area contributed by atoms with Gasteiger partial charge in [0.15, 0.2) is 0 Å². The van der Waals surface area contributed by atoms with Gasteiger partial charge in [0.1, 0.15) is 5.75 Å². The van der Waals surface area contributed by atoms with Gasteiger partial charge in [-0.1, -0.05) is 11.6 Å². The SMILES string of the molecule is COc1ccc(Nc2c3c(nc4ccc(C)cc24)CCC3)cc1.[Cl-]. The van der Waals surface area contributed by atoms with Gasteiger partial charge in [-0.15, -0.1) is 0 Å². The Balaban J connectivity index is 0.00000169. The van der Waals surface area contributed by atoms with Crippen molar-refractivity contribution in [2.24, 2.45) is 0 Å². The molecular weight excluding hydrogens is 320 g/mol. The number of hydrogen-bond donors (Lipinski definition) is 1. The fourth-order valence-electron chi connectivity index (χ4n) is 3.34. The van der Waals surface area contributed by atoms with Gasteiger partial charge in [0.05, 0.1) is 18.3 Å². The van der Waals surface area contributed by atoms with Gasteiger partial charge in [-0.05, 0) is 68.1 Å². The van der Waals surface area contributed by atoms with Crippen LogP contribution in [0.25, 0.3) is 10.9 Å². The van der Waals surface area contributed by atoms with Crippen LogP contribution in [0.4, 0.5) is 11.4 Å². The van der Waals surface area contributed by atoms with Crippen molar-refractivity contribution in [1.82, 2.24) is 4.98 Å². The second-order valence-electron chi connectivity index (χ2n) is 6.14. The molecule has 0 bridgehead atoms. The van der Waals surface area contributed by atoms with Gasteiger partial charge < -0.3 is 22.5 Å². The zero-order valence-electron chi connectivity index (χ0n) is 13.9. The number of nitrogens with one attached hydrogen (secondary N) is 1. The van der Waals surface area contributed by atoms with Gasteiger partial charge >= 0.3 is 0 Å². The molecule has 0 radical (unpaired) electrons. The molecule has 4 rings (SSSR count). The van der Waals surface area contributed by atoms with E-state index in [1.807, 2.05) is 12.1 Å². The minimum Gasteiger partial charge on any atom is -1.00 e. The van der Waals surface area contributed by atoms with Gasteiger partial charge in [-0.2, -0.15) is 0 Å². The van der Waals surface area contributed by atoms with Crippen LogP contribution in [0.1, 0.15) is 23.2 Å². The second kappa shape index (κ2) is 6.70. The molecule has 1 aromatic heterocycles. The Morgan fingerprint density at radius 2 is 1.83 bits per heavy atom. The summed E-state index contributed by atoms with van der Waals surface area (Å²) in [5.41, 5.74) is 7.25. The van der Waals surface area contributed by atoms with E-state index in [1.54, 1.807) is 7.11 Å². The van der Waals surface area contributed by atoms with E-state index < -0.39 is 0 Å². The largest absolute Gasteiger partial charge is 1.00 e. The average molecular weight is 340 g/mol. The molecule has 0 amide bonds. The van der Waals surface area contributed by atoms with Gasteiger partial charge in [-0.25, -0.2) is 0 Å². The molecule has 1 aliphatic rings. The minimum atomic E-state index is 0. The number of methoxy groups -OCH3 is 1. The highest BCUT2D eigenvalue weighted by Crippen LogP contribution is 2.36. The van der Waals surface area contributed by atoms with Crippen molar-refractivity contribution < 1.29 is 17.1 Å². The monoisotopic (exact) mass is 339 g/mol. The Morgan fingerprint density at radius 3 is 2.58 bits per heavy atom. The summed E-state index contributed by atoms with van der Waals surface area (Å²) in [6, 6.07) is 14.6. The van der Waals surface area contributed by atoms with Crippen LogP contribution in [-0.4, -0.2) is 12.1 Å². The van der Waals surface area contributed by atoms with E-state index >= 15 is 0 Å². The van der Waals surface area contributed by atoms with E-state index in [4.69, 9.17) is 9.72 Å². The van der Waals surface area contributed by atoms with Gasteiger partial charge in [0, 0.05) is 16.8 Å². The summed E-state index contributed by atoms with van der Waals surface area (Å²) in [6.07, 6.45) is 3.37. The summed E-state index contributed by atoms with van der Waals surface area (Å²) in [6.45, 7) is 2.13. The van der Waals surface area contributed by atoms with Crippen LogP contribution in [-0.2, 0) is 12.8 Å². The highest BCUT2D eigenvalue weighted by molar-refractivity contribution is 5.96. The van der Waals surface area contributed by atoms with Gasteiger partial charge in [0.2, 0.25) is 0 Å². The number of nitrogens with zero attached hydrogens (tertiary/aromatic N) is 1. The summed E-state index contributed by atoms with van der Waals surface area (Å²) < 4.78 is 5.24. The molecule has 0 unspecified atom stereocenters. The van der Waals surface area contributed by atoms with Crippen LogP contribution in [0.3, 0.4) is 0 Å². The number of pyridine rings is 1. The average Bonchev–Trinajstić information content (AvgIpc) is 3.04. The van der Waals surface area contributed by atoms with Crippen LogP contribution in [0.2, 0.25) is 0 Å². The van der Waals surface area contributed by atoms with Crippen molar-refractivity contribution in [3.05, 3.63) is 59.3 Å². The highest BCUT2D eigenvalue weighted by Gasteiger charge is 2.19. The Labute approximate surface area is 148 Å². The number of aromatic nitrogens is 1. The lowest BCUT2D eigenvalue weighted by Crippen LogP contribution is -3.00. The molecule has 0 fully saturated rings. The fraction of sp³-hybridized carbons (Fsp3) is 0.250. The first-order chi connectivity index (χ1) is 11.2. The number of benzene rings is 2. The third-order valence-corrected chi connectivity index (χ3v) is 4.53. The molecule has 1 heterocycles.